The fourth-order valence-electron chi connectivity index (χ4n) is 4.49. The molecule has 0 atom stereocenters. The van der Waals surface area contributed by atoms with Gasteiger partial charge in [0.2, 0.25) is 11.9 Å². The molecule has 0 unspecified atom stereocenters. The molecule has 1 saturated heterocycles. The molecule has 0 saturated carbocycles. The van der Waals surface area contributed by atoms with Crippen LogP contribution in [0, 0.1) is 0 Å². The van der Waals surface area contributed by atoms with Gasteiger partial charge in [0, 0.05) is 62.9 Å². The number of aromatic nitrogens is 3. The third-order valence-electron chi connectivity index (χ3n) is 6.53. The molecule has 0 spiro atoms. The lowest BCUT2D eigenvalue weighted by Crippen LogP contribution is -2.48. The van der Waals surface area contributed by atoms with Crippen molar-refractivity contribution in [3.8, 4) is 0 Å². The Morgan fingerprint density at radius 2 is 1.76 bits per heavy atom. The number of nitrogens with zero attached hydrogens (tertiary/aromatic N) is 5. The molecule has 3 heterocycles. The molecule has 1 aliphatic heterocycles. The van der Waals surface area contributed by atoms with E-state index in [1.54, 1.807) is 13.1 Å². The van der Waals surface area contributed by atoms with E-state index in [1.165, 1.54) is 7.11 Å². The van der Waals surface area contributed by atoms with E-state index in [1.807, 2.05) is 23.2 Å². The fraction of sp³-hybridized carbons (Fsp3) is 0.440. The van der Waals surface area contributed by atoms with Gasteiger partial charge in [0.15, 0.2) is 0 Å². The van der Waals surface area contributed by atoms with Crippen LogP contribution in [0.5, 0.6) is 0 Å². The molecule has 4 rings (SSSR count). The highest BCUT2D eigenvalue weighted by molar-refractivity contribution is 6.03. The predicted octanol–water partition coefficient (Wildman–Crippen LogP) is 3.99. The Bertz CT molecular complexity index is 1160. The zero-order valence-electron chi connectivity index (χ0n) is 20.2. The first-order valence-electron chi connectivity index (χ1n) is 11.8. The van der Waals surface area contributed by atoms with Crippen molar-refractivity contribution in [2.24, 2.45) is 0 Å². The number of methoxy groups -OCH3 is 1. The van der Waals surface area contributed by atoms with Crippen molar-refractivity contribution in [1.82, 2.24) is 19.4 Å². The lowest BCUT2D eigenvalue weighted by atomic mass is 10.2. The van der Waals surface area contributed by atoms with E-state index < -0.39 is 5.97 Å². The van der Waals surface area contributed by atoms with Gasteiger partial charge in [-0.15, -0.1) is 0 Å². The van der Waals surface area contributed by atoms with Crippen LogP contribution in [-0.4, -0.2) is 64.6 Å². The number of esters is 1. The number of anilines is 3. The highest BCUT2D eigenvalue weighted by Gasteiger charge is 2.21. The zero-order valence-corrected chi connectivity index (χ0v) is 20.2. The SMILES string of the molecule is CCC(CC)n1cc(C(=O)OC)c2cnc(Nc3ccc(N4CCN(C(C)=O)CC4)cc3)nc21. The number of piperazine rings is 1. The summed E-state index contributed by atoms with van der Waals surface area (Å²) in [5.41, 5.74) is 3.19. The van der Waals surface area contributed by atoms with Gasteiger partial charge in [-0.05, 0) is 37.1 Å². The molecule has 3 aromatic rings. The minimum atomic E-state index is -0.390. The molecule has 0 aliphatic carbocycles. The first kappa shape index (κ1) is 23.5. The lowest BCUT2D eigenvalue weighted by molar-refractivity contribution is -0.129. The molecular weight excluding hydrogens is 432 g/mol. The summed E-state index contributed by atoms with van der Waals surface area (Å²) < 4.78 is 7.02. The summed E-state index contributed by atoms with van der Waals surface area (Å²) in [7, 11) is 1.38. The van der Waals surface area contributed by atoms with Crippen molar-refractivity contribution >= 4 is 40.2 Å². The largest absolute Gasteiger partial charge is 0.465 e. The summed E-state index contributed by atoms with van der Waals surface area (Å²) in [6, 6.07) is 8.35. The van der Waals surface area contributed by atoms with Gasteiger partial charge in [0.25, 0.3) is 0 Å². The Kier molecular flexibility index (Phi) is 7.00. The van der Waals surface area contributed by atoms with Crippen LogP contribution in [0.3, 0.4) is 0 Å². The summed E-state index contributed by atoms with van der Waals surface area (Å²) >= 11 is 0. The molecule has 0 radical (unpaired) electrons. The smallest absolute Gasteiger partial charge is 0.340 e. The van der Waals surface area contributed by atoms with E-state index in [2.05, 4.69) is 45.7 Å². The van der Waals surface area contributed by atoms with Crippen molar-refractivity contribution in [2.75, 3.05) is 43.5 Å². The maximum atomic E-state index is 12.3. The number of rotatable bonds is 7. The Hall–Kier alpha value is -3.62. The molecule has 9 nitrogen and oxygen atoms in total. The van der Waals surface area contributed by atoms with Gasteiger partial charge < -0.3 is 24.4 Å². The first-order chi connectivity index (χ1) is 16.4. The topological polar surface area (TPSA) is 92.6 Å². The number of hydrogen-bond acceptors (Lipinski definition) is 7. The molecule has 1 fully saturated rings. The minimum Gasteiger partial charge on any atom is -0.465 e. The summed E-state index contributed by atoms with van der Waals surface area (Å²) in [6.45, 7) is 9.00. The molecule has 1 N–H and O–H groups in total. The van der Waals surface area contributed by atoms with Gasteiger partial charge in [-0.3, -0.25) is 4.79 Å². The predicted molar refractivity (Wildman–Crippen MR) is 133 cm³/mol. The second-order valence-electron chi connectivity index (χ2n) is 8.51. The average Bonchev–Trinajstić information content (AvgIpc) is 3.23. The van der Waals surface area contributed by atoms with Crippen LogP contribution >= 0.6 is 0 Å². The fourth-order valence-corrected chi connectivity index (χ4v) is 4.49. The van der Waals surface area contributed by atoms with Crippen LogP contribution in [0.1, 0.15) is 50.0 Å². The second-order valence-corrected chi connectivity index (χ2v) is 8.51. The summed E-state index contributed by atoms with van der Waals surface area (Å²) in [6.07, 6.45) is 5.36. The quantitative estimate of drug-likeness (QED) is 0.529. The third-order valence-corrected chi connectivity index (χ3v) is 6.53. The second kappa shape index (κ2) is 10.1. The van der Waals surface area contributed by atoms with E-state index in [0.29, 0.717) is 22.5 Å². The molecule has 1 aromatic carbocycles. The first-order valence-corrected chi connectivity index (χ1v) is 11.8. The molecule has 0 bridgehead atoms. The number of carbonyl (C=O) groups is 2. The van der Waals surface area contributed by atoms with Crippen molar-refractivity contribution in [3.05, 3.63) is 42.2 Å². The minimum absolute atomic E-state index is 0.130. The summed E-state index contributed by atoms with van der Waals surface area (Å²) in [5.74, 6) is 0.209. The van der Waals surface area contributed by atoms with Crippen LogP contribution < -0.4 is 10.2 Å². The maximum absolute atomic E-state index is 12.3. The number of fused-ring (bicyclic) bond motifs is 1. The molecule has 34 heavy (non-hydrogen) atoms. The van der Waals surface area contributed by atoms with Gasteiger partial charge in [0.1, 0.15) is 5.65 Å². The average molecular weight is 465 g/mol. The van der Waals surface area contributed by atoms with Crippen molar-refractivity contribution in [2.45, 2.75) is 39.7 Å². The highest BCUT2D eigenvalue weighted by atomic mass is 16.5. The Morgan fingerprint density at radius 3 is 2.35 bits per heavy atom. The Labute approximate surface area is 199 Å². The van der Waals surface area contributed by atoms with Crippen molar-refractivity contribution in [3.63, 3.8) is 0 Å². The Morgan fingerprint density at radius 1 is 1.09 bits per heavy atom. The van der Waals surface area contributed by atoms with Crippen molar-refractivity contribution < 1.29 is 14.3 Å². The number of nitrogens with one attached hydrogen (secondary N) is 1. The summed E-state index contributed by atoms with van der Waals surface area (Å²) in [5, 5.41) is 3.96. The molecule has 2 aromatic heterocycles. The van der Waals surface area contributed by atoms with E-state index in [4.69, 9.17) is 9.72 Å². The molecule has 1 aliphatic rings. The van der Waals surface area contributed by atoms with E-state index in [9.17, 15) is 9.59 Å². The van der Waals surface area contributed by atoms with E-state index in [0.717, 1.165) is 50.4 Å². The molecule has 9 heteroatoms. The molecular formula is C25H32N6O3. The van der Waals surface area contributed by atoms with Gasteiger partial charge in [-0.2, -0.15) is 4.98 Å². The molecule has 180 valence electrons. The van der Waals surface area contributed by atoms with Gasteiger partial charge in [-0.1, -0.05) is 13.8 Å². The monoisotopic (exact) mass is 464 g/mol. The van der Waals surface area contributed by atoms with E-state index in [-0.39, 0.29) is 11.9 Å². The summed E-state index contributed by atoms with van der Waals surface area (Å²) in [4.78, 5) is 37.2. The standard InChI is InChI=1S/C25H32N6O3/c1-5-19(6-2)31-16-22(24(33)34-4)21-15-26-25(28-23(21)31)27-18-7-9-20(10-8-18)30-13-11-29(12-14-30)17(3)32/h7-10,15-16,19H,5-6,11-14H2,1-4H3,(H,26,27,28). The number of benzene rings is 1. The maximum Gasteiger partial charge on any atom is 0.340 e. The van der Waals surface area contributed by atoms with Gasteiger partial charge in [-0.25, -0.2) is 9.78 Å². The van der Waals surface area contributed by atoms with Crippen LogP contribution in [0.25, 0.3) is 11.0 Å². The molecule has 1 amide bonds. The zero-order chi connectivity index (χ0) is 24.2. The highest BCUT2D eigenvalue weighted by Crippen LogP contribution is 2.28. The number of carbonyl (C=O) groups excluding carboxylic acids is 2. The van der Waals surface area contributed by atoms with Crippen molar-refractivity contribution in [1.29, 1.82) is 0 Å². The Balaban J connectivity index is 1.54. The van der Waals surface area contributed by atoms with Crippen LogP contribution in [0.4, 0.5) is 17.3 Å². The number of amides is 1. The van der Waals surface area contributed by atoms with Gasteiger partial charge in [0.05, 0.1) is 18.1 Å². The van der Waals surface area contributed by atoms with Crippen LogP contribution in [0.15, 0.2) is 36.7 Å². The van der Waals surface area contributed by atoms with Gasteiger partial charge >= 0.3 is 5.97 Å². The van der Waals surface area contributed by atoms with E-state index >= 15 is 0 Å². The lowest BCUT2D eigenvalue weighted by Gasteiger charge is -2.35. The van der Waals surface area contributed by atoms with Crippen LogP contribution in [-0.2, 0) is 9.53 Å². The van der Waals surface area contributed by atoms with Crippen LogP contribution in [0.2, 0.25) is 0 Å². The number of ether oxygens (including phenoxy) is 1. The third kappa shape index (κ3) is 4.69. The number of hydrogen-bond donors (Lipinski definition) is 1. The normalized spacial score (nSPS) is 14.0.